The second-order valence-electron chi connectivity index (χ2n) is 5.11. The van der Waals surface area contributed by atoms with E-state index in [1.54, 1.807) is 37.5 Å². The van der Waals surface area contributed by atoms with Crippen LogP contribution in [0.5, 0.6) is 0 Å². The molecule has 0 spiro atoms. The van der Waals surface area contributed by atoms with Gasteiger partial charge in [-0.05, 0) is 37.3 Å². The summed E-state index contributed by atoms with van der Waals surface area (Å²) in [6.07, 6.45) is 3.35. The second kappa shape index (κ2) is 7.86. The maximum absolute atomic E-state index is 12.3. The van der Waals surface area contributed by atoms with Gasteiger partial charge in [-0.1, -0.05) is 35.0 Å². The van der Waals surface area contributed by atoms with Crippen LogP contribution >= 0.6 is 35.0 Å². The molecule has 0 fully saturated rings. The number of aromatic amines is 1. The van der Waals surface area contributed by atoms with Crippen molar-refractivity contribution in [2.75, 3.05) is 5.32 Å². The van der Waals surface area contributed by atoms with Gasteiger partial charge in [0.25, 0.3) is 0 Å². The Balaban J connectivity index is 1.64. The van der Waals surface area contributed by atoms with Crippen molar-refractivity contribution in [2.24, 2.45) is 0 Å². The fourth-order valence-electron chi connectivity index (χ4n) is 2.02. The summed E-state index contributed by atoms with van der Waals surface area (Å²) in [4.78, 5) is 20.7. The number of pyridine rings is 1. The van der Waals surface area contributed by atoms with Crippen LogP contribution in [-0.2, 0) is 4.79 Å². The minimum atomic E-state index is -0.404. The molecule has 25 heavy (non-hydrogen) atoms. The van der Waals surface area contributed by atoms with E-state index in [2.05, 4.69) is 25.5 Å². The lowest BCUT2D eigenvalue weighted by atomic mass is 10.3. The van der Waals surface area contributed by atoms with Gasteiger partial charge < -0.3 is 5.32 Å². The highest BCUT2D eigenvalue weighted by molar-refractivity contribution is 8.00. The smallest absolute Gasteiger partial charge is 0.237 e. The van der Waals surface area contributed by atoms with Crippen LogP contribution in [0.4, 0.5) is 5.69 Å². The van der Waals surface area contributed by atoms with Crippen LogP contribution in [0.1, 0.15) is 6.92 Å². The molecule has 0 aliphatic heterocycles. The first-order valence-corrected chi connectivity index (χ1v) is 8.91. The molecule has 0 aliphatic rings. The third-order valence-corrected chi connectivity index (χ3v) is 4.60. The van der Waals surface area contributed by atoms with Gasteiger partial charge in [0.1, 0.15) is 0 Å². The Morgan fingerprint density at radius 1 is 1.20 bits per heavy atom. The van der Waals surface area contributed by atoms with Crippen molar-refractivity contribution < 1.29 is 4.79 Å². The third kappa shape index (κ3) is 4.72. The van der Waals surface area contributed by atoms with Crippen molar-refractivity contribution in [3.63, 3.8) is 0 Å². The highest BCUT2D eigenvalue weighted by Gasteiger charge is 2.18. The van der Waals surface area contributed by atoms with Gasteiger partial charge in [0, 0.05) is 33.7 Å². The average Bonchev–Trinajstić information content (AvgIpc) is 3.03. The molecule has 1 aromatic carbocycles. The molecular formula is C16H13Cl2N5OS. The summed E-state index contributed by atoms with van der Waals surface area (Å²) in [7, 11) is 0. The average molecular weight is 394 g/mol. The first kappa shape index (κ1) is 17.7. The number of rotatable bonds is 5. The number of benzene rings is 1. The molecule has 9 heteroatoms. The number of carbonyl (C=O) groups excluding carboxylic acids is 1. The van der Waals surface area contributed by atoms with Crippen LogP contribution in [0.15, 0.2) is 47.9 Å². The number of hydrogen-bond donors (Lipinski definition) is 2. The molecule has 2 heterocycles. The lowest BCUT2D eigenvalue weighted by Gasteiger charge is -2.10. The molecule has 2 N–H and O–H groups in total. The highest BCUT2D eigenvalue weighted by atomic mass is 35.5. The van der Waals surface area contributed by atoms with Crippen LogP contribution in [0.25, 0.3) is 11.4 Å². The van der Waals surface area contributed by atoms with Gasteiger partial charge in [-0.2, -0.15) is 0 Å². The summed E-state index contributed by atoms with van der Waals surface area (Å²) in [5, 5.41) is 10.8. The highest BCUT2D eigenvalue weighted by Crippen LogP contribution is 2.25. The standard InChI is InChI=1S/C16H13Cl2N5OS/c1-9(15(24)20-13-7-11(17)6-12(18)8-13)25-16-21-14(22-23-16)10-2-4-19-5-3-10/h2-9H,1H3,(H,20,24)(H,21,22,23)/t9-/m1/s1. The molecule has 0 saturated heterocycles. The molecule has 1 amide bonds. The number of hydrogen-bond acceptors (Lipinski definition) is 5. The number of H-pyrrole nitrogens is 1. The van der Waals surface area contributed by atoms with Crippen LogP contribution < -0.4 is 5.32 Å². The third-order valence-electron chi connectivity index (χ3n) is 3.20. The number of thioether (sulfide) groups is 1. The molecule has 0 bridgehead atoms. The summed E-state index contributed by atoms with van der Waals surface area (Å²) in [5.74, 6) is 0.428. The van der Waals surface area contributed by atoms with E-state index < -0.39 is 5.25 Å². The summed E-state index contributed by atoms with van der Waals surface area (Å²) in [5.41, 5.74) is 1.42. The SMILES string of the molecule is C[C@@H](Sc1n[nH]c(-c2ccncc2)n1)C(=O)Nc1cc(Cl)cc(Cl)c1. The van der Waals surface area contributed by atoms with Crippen molar-refractivity contribution >= 4 is 46.6 Å². The van der Waals surface area contributed by atoms with Gasteiger partial charge >= 0.3 is 0 Å². The monoisotopic (exact) mass is 393 g/mol. The van der Waals surface area contributed by atoms with Crippen molar-refractivity contribution in [3.8, 4) is 11.4 Å². The Bertz CT molecular complexity index is 867. The molecule has 0 unspecified atom stereocenters. The first-order valence-electron chi connectivity index (χ1n) is 7.27. The van der Waals surface area contributed by atoms with E-state index in [1.165, 1.54) is 11.8 Å². The van der Waals surface area contributed by atoms with E-state index in [0.717, 1.165) is 5.56 Å². The molecule has 3 aromatic rings. The van der Waals surface area contributed by atoms with Gasteiger partial charge in [-0.25, -0.2) is 4.98 Å². The van der Waals surface area contributed by atoms with Crippen LogP contribution in [-0.4, -0.2) is 31.3 Å². The molecule has 0 radical (unpaired) electrons. The summed E-state index contributed by atoms with van der Waals surface area (Å²) in [6, 6.07) is 8.53. The second-order valence-corrected chi connectivity index (χ2v) is 7.29. The van der Waals surface area contributed by atoms with E-state index >= 15 is 0 Å². The molecule has 128 valence electrons. The van der Waals surface area contributed by atoms with Crippen LogP contribution in [0.3, 0.4) is 0 Å². The Morgan fingerprint density at radius 3 is 2.56 bits per heavy atom. The van der Waals surface area contributed by atoms with Gasteiger partial charge in [0.15, 0.2) is 5.82 Å². The number of aromatic nitrogens is 4. The van der Waals surface area contributed by atoms with E-state index in [0.29, 0.717) is 26.7 Å². The lowest BCUT2D eigenvalue weighted by Crippen LogP contribution is -2.22. The zero-order chi connectivity index (χ0) is 17.8. The maximum Gasteiger partial charge on any atom is 0.237 e. The predicted molar refractivity (Wildman–Crippen MR) is 100 cm³/mol. The fraction of sp³-hybridized carbons (Fsp3) is 0.125. The van der Waals surface area contributed by atoms with E-state index in [9.17, 15) is 4.79 Å². The molecule has 3 rings (SSSR count). The predicted octanol–water partition coefficient (Wildman–Crippen LogP) is 4.29. The minimum absolute atomic E-state index is 0.196. The number of halogens is 2. The zero-order valence-electron chi connectivity index (χ0n) is 13.0. The van der Waals surface area contributed by atoms with Crippen molar-refractivity contribution in [1.82, 2.24) is 20.2 Å². The Morgan fingerprint density at radius 2 is 1.88 bits per heavy atom. The lowest BCUT2D eigenvalue weighted by molar-refractivity contribution is -0.115. The quantitative estimate of drug-likeness (QED) is 0.631. The van der Waals surface area contributed by atoms with Gasteiger partial charge in [-0.15, -0.1) is 5.10 Å². The maximum atomic E-state index is 12.3. The Hall–Kier alpha value is -2.09. The van der Waals surface area contributed by atoms with Gasteiger partial charge in [0.05, 0.1) is 5.25 Å². The number of nitrogens with one attached hydrogen (secondary N) is 2. The largest absolute Gasteiger partial charge is 0.325 e. The van der Waals surface area contributed by atoms with E-state index in [-0.39, 0.29) is 5.91 Å². The van der Waals surface area contributed by atoms with Crippen LogP contribution in [0, 0.1) is 0 Å². The van der Waals surface area contributed by atoms with Crippen molar-refractivity contribution in [1.29, 1.82) is 0 Å². The molecule has 1 atom stereocenters. The Kier molecular flexibility index (Phi) is 5.57. The summed E-state index contributed by atoms with van der Waals surface area (Å²) < 4.78 is 0. The van der Waals surface area contributed by atoms with E-state index in [4.69, 9.17) is 23.2 Å². The summed E-state index contributed by atoms with van der Waals surface area (Å²) >= 11 is 13.1. The number of anilines is 1. The molecule has 6 nitrogen and oxygen atoms in total. The van der Waals surface area contributed by atoms with Crippen molar-refractivity contribution in [3.05, 3.63) is 52.8 Å². The Labute approximate surface area is 158 Å². The fourth-order valence-corrected chi connectivity index (χ4v) is 3.27. The number of nitrogens with zero attached hydrogens (tertiary/aromatic N) is 3. The van der Waals surface area contributed by atoms with Crippen LogP contribution in [0.2, 0.25) is 10.0 Å². The molecule has 0 saturated carbocycles. The van der Waals surface area contributed by atoms with Gasteiger partial charge in [0.2, 0.25) is 11.1 Å². The zero-order valence-corrected chi connectivity index (χ0v) is 15.4. The van der Waals surface area contributed by atoms with Gasteiger partial charge in [-0.3, -0.25) is 14.9 Å². The summed E-state index contributed by atoms with van der Waals surface area (Å²) in [6.45, 7) is 1.77. The first-order chi connectivity index (χ1) is 12.0. The van der Waals surface area contributed by atoms with Crippen molar-refractivity contribution in [2.45, 2.75) is 17.3 Å². The topological polar surface area (TPSA) is 83.6 Å². The number of carbonyl (C=O) groups is 1. The van der Waals surface area contributed by atoms with E-state index in [1.807, 2.05) is 12.1 Å². The molecule has 0 aliphatic carbocycles. The number of amides is 1. The minimum Gasteiger partial charge on any atom is -0.325 e. The normalized spacial score (nSPS) is 12.0. The molecule has 2 aromatic heterocycles. The molecular weight excluding hydrogens is 381 g/mol.